The monoisotopic (exact) mass is 444 g/mol. The van der Waals surface area contributed by atoms with E-state index in [2.05, 4.69) is 0 Å². The molecule has 0 spiro atoms. The number of carbonyl (C=O) groups excluding carboxylic acids is 4. The van der Waals surface area contributed by atoms with Crippen molar-refractivity contribution in [2.24, 2.45) is 0 Å². The van der Waals surface area contributed by atoms with Crippen LogP contribution in [0, 0.1) is 0 Å². The Hall–Kier alpha value is -2.86. The predicted octanol–water partition coefficient (Wildman–Crippen LogP) is 0.705. The lowest BCUT2D eigenvalue weighted by molar-refractivity contribution is -0.209. The van der Waals surface area contributed by atoms with Crippen molar-refractivity contribution in [3.8, 4) is 0 Å². The third-order valence-corrected chi connectivity index (χ3v) is 4.53. The minimum absolute atomic E-state index is 0.0734. The Bertz CT molecular complexity index is 750. The van der Waals surface area contributed by atoms with E-state index in [1.807, 2.05) is 0 Å². The summed E-state index contributed by atoms with van der Waals surface area (Å²) in [5.74, 6) is -2.75. The van der Waals surface area contributed by atoms with Crippen LogP contribution in [0.15, 0.2) is 11.8 Å². The highest BCUT2D eigenvalue weighted by molar-refractivity contribution is 5.83. The molecule has 1 fully saturated rings. The molecule has 0 bridgehead atoms. The fourth-order valence-electron chi connectivity index (χ4n) is 3.45. The van der Waals surface area contributed by atoms with E-state index in [9.17, 15) is 19.2 Å². The second-order valence-electron chi connectivity index (χ2n) is 7.39. The van der Waals surface area contributed by atoms with Crippen LogP contribution in [0.4, 0.5) is 4.79 Å². The second kappa shape index (κ2) is 9.96. The van der Waals surface area contributed by atoms with Crippen LogP contribution in [0.3, 0.4) is 0 Å². The second-order valence-corrected chi connectivity index (χ2v) is 7.39. The molecule has 2 aliphatic heterocycles. The van der Waals surface area contributed by atoms with Crippen molar-refractivity contribution in [3.05, 3.63) is 11.8 Å². The molecular weight excluding hydrogens is 416 g/mol. The average molecular weight is 444 g/mol. The SMILES string of the molecule is COC(=O)N1[C@@H](OC)C[C@H]([C@@H](COC(C)=O)OC(C)=O)N1CC1=CC(=O)OC(C)(C)O1. The maximum absolute atomic E-state index is 12.5. The van der Waals surface area contributed by atoms with Gasteiger partial charge in [0.2, 0.25) is 5.79 Å². The summed E-state index contributed by atoms with van der Waals surface area (Å²) < 4.78 is 31.5. The Morgan fingerprint density at radius 2 is 1.87 bits per heavy atom. The molecule has 1 amide bonds. The van der Waals surface area contributed by atoms with E-state index >= 15 is 0 Å². The van der Waals surface area contributed by atoms with Gasteiger partial charge in [-0.3, -0.25) is 9.59 Å². The molecule has 0 aliphatic carbocycles. The molecule has 0 aromatic heterocycles. The molecule has 2 heterocycles. The highest BCUT2D eigenvalue weighted by Crippen LogP contribution is 2.32. The fraction of sp³-hybridized carbons (Fsp3) is 0.684. The Morgan fingerprint density at radius 1 is 1.19 bits per heavy atom. The van der Waals surface area contributed by atoms with Crippen LogP contribution in [0.2, 0.25) is 0 Å². The van der Waals surface area contributed by atoms with Gasteiger partial charge in [0.15, 0.2) is 12.3 Å². The molecule has 31 heavy (non-hydrogen) atoms. The lowest BCUT2D eigenvalue weighted by Crippen LogP contribution is -2.53. The first-order chi connectivity index (χ1) is 14.5. The molecule has 12 heteroatoms. The summed E-state index contributed by atoms with van der Waals surface area (Å²) in [5, 5.41) is 2.70. The summed E-state index contributed by atoms with van der Waals surface area (Å²) in [7, 11) is 2.62. The van der Waals surface area contributed by atoms with E-state index in [0.717, 1.165) is 6.08 Å². The normalized spacial score (nSPS) is 23.9. The van der Waals surface area contributed by atoms with Gasteiger partial charge in [-0.1, -0.05) is 0 Å². The van der Waals surface area contributed by atoms with E-state index in [1.165, 1.54) is 38.1 Å². The minimum atomic E-state index is -1.21. The summed E-state index contributed by atoms with van der Waals surface area (Å²) in [4.78, 5) is 47.5. The number of cyclic esters (lactones) is 1. The maximum Gasteiger partial charge on any atom is 0.426 e. The molecule has 0 aromatic carbocycles. The molecular formula is C19H28N2O10. The number of rotatable bonds is 7. The van der Waals surface area contributed by atoms with E-state index in [1.54, 1.807) is 13.8 Å². The minimum Gasteiger partial charge on any atom is -0.462 e. The van der Waals surface area contributed by atoms with E-state index in [-0.39, 0.29) is 25.3 Å². The number of hydrogen-bond donors (Lipinski definition) is 0. The van der Waals surface area contributed by atoms with E-state index in [4.69, 9.17) is 28.4 Å². The number of amides is 1. The van der Waals surface area contributed by atoms with Gasteiger partial charge in [-0.2, -0.15) is 5.01 Å². The van der Waals surface area contributed by atoms with Gasteiger partial charge in [-0.25, -0.2) is 14.6 Å². The van der Waals surface area contributed by atoms with Crippen LogP contribution < -0.4 is 0 Å². The Kier molecular flexibility index (Phi) is 7.85. The number of nitrogens with zero attached hydrogens (tertiary/aromatic N) is 2. The topological polar surface area (TPSA) is 130 Å². The van der Waals surface area contributed by atoms with Crippen molar-refractivity contribution in [2.45, 2.75) is 58.3 Å². The van der Waals surface area contributed by atoms with Crippen molar-refractivity contribution in [3.63, 3.8) is 0 Å². The number of hydrogen-bond acceptors (Lipinski definition) is 11. The summed E-state index contributed by atoms with van der Waals surface area (Å²) in [6.07, 6.45) is -1.08. The molecule has 174 valence electrons. The largest absolute Gasteiger partial charge is 0.462 e. The van der Waals surface area contributed by atoms with Gasteiger partial charge in [0.25, 0.3) is 0 Å². The van der Waals surface area contributed by atoms with Gasteiger partial charge in [0.1, 0.15) is 12.4 Å². The molecule has 2 rings (SSSR count). The molecule has 0 radical (unpaired) electrons. The number of carbonyl (C=O) groups is 4. The third-order valence-electron chi connectivity index (χ3n) is 4.53. The smallest absolute Gasteiger partial charge is 0.426 e. The zero-order valence-corrected chi connectivity index (χ0v) is 18.4. The third kappa shape index (κ3) is 6.31. The van der Waals surface area contributed by atoms with E-state index in [0.29, 0.717) is 0 Å². The number of methoxy groups -OCH3 is 2. The molecule has 2 aliphatic rings. The van der Waals surface area contributed by atoms with Gasteiger partial charge >= 0.3 is 24.0 Å². The molecule has 1 saturated heterocycles. The standard InChI is InChI=1S/C19H28N2O10/c1-11(22)28-10-15(29-12(2)23)14-8-16(26-5)21(18(25)27-6)20(14)9-13-7-17(24)31-19(3,4)30-13/h7,14-16H,8-10H2,1-6H3/t14-,15-,16+/m1/s1. The highest BCUT2D eigenvalue weighted by Gasteiger charge is 2.49. The summed E-state index contributed by atoms with van der Waals surface area (Å²) in [6, 6.07) is -0.669. The molecule has 12 nitrogen and oxygen atoms in total. The predicted molar refractivity (Wildman–Crippen MR) is 102 cm³/mol. The van der Waals surface area contributed by atoms with Crippen LogP contribution in [-0.2, 0) is 42.8 Å². The molecule has 0 unspecified atom stereocenters. The zero-order chi connectivity index (χ0) is 23.3. The summed E-state index contributed by atoms with van der Waals surface area (Å²) in [5.41, 5.74) is 0. The maximum atomic E-state index is 12.5. The lowest BCUT2D eigenvalue weighted by Gasteiger charge is -2.37. The molecule has 0 saturated carbocycles. The van der Waals surface area contributed by atoms with Crippen LogP contribution in [0.5, 0.6) is 0 Å². The van der Waals surface area contributed by atoms with Crippen molar-refractivity contribution >= 4 is 24.0 Å². The first-order valence-corrected chi connectivity index (χ1v) is 9.57. The first-order valence-electron chi connectivity index (χ1n) is 9.57. The molecule has 0 N–H and O–H groups in total. The van der Waals surface area contributed by atoms with Crippen LogP contribution in [-0.4, -0.2) is 85.6 Å². The zero-order valence-electron chi connectivity index (χ0n) is 18.4. The number of hydrazine groups is 1. The quantitative estimate of drug-likeness (QED) is 0.406. The van der Waals surface area contributed by atoms with Crippen LogP contribution >= 0.6 is 0 Å². The molecule has 3 atom stereocenters. The van der Waals surface area contributed by atoms with Crippen molar-refractivity contribution in [2.75, 3.05) is 27.4 Å². The molecule has 0 aromatic rings. The Balaban J connectivity index is 2.40. The van der Waals surface area contributed by atoms with E-state index < -0.39 is 48.2 Å². The van der Waals surface area contributed by atoms with Gasteiger partial charge in [-0.15, -0.1) is 0 Å². The van der Waals surface area contributed by atoms with Crippen LogP contribution in [0.25, 0.3) is 0 Å². The summed E-state index contributed by atoms with van der Waals surface area (Å²) in [6.45, 7) is 5.27. The number of esters is 3. The van der Waals surface area contributed by atoms with Crippen molar-refractivity contribution in [1.82, 2.24) is 10.0 Å². The van der Waals surface area contributed by atoms with Gasteiger partial charge < -0.3 is 28.4 Å². The highest BCUT2D eigenvalue weighted by atomic mass is 16.7. The van der Waals surface area contributed by atoms with Gasteiger partial charge in [0, 0.05) is 41.2 Å². The van der Waals surface area contributed by atoms with Gasteiger partial charge in [-0.05, 0) is 0 Å². The Morgan fingerprint density at radius 3 is 2.39 bits per heavy atom. The lowest BCUT2D eigenvalue weighted by atomic mass is 10.1. The van der Waals surface area contributed by atoms with Crippen molar-refractivity contribution in [1.29, 1.82) is 0 Å². The average Bonchev–Trinajstić information content (AvgIpc) is 3.00. The van der Waals surface area contributed by atoms with Crippen LogP contribution in [0.1, 0.15) is 34.1 Å². The van der Waals surface area contributed by atoms with Gasteiger partial charge in [0.05, 0.1) is 25.8 Å². The Labute approximate surface area is 179 Å². The van der Waals surface area contributed by atoms with Crippen molar-refractivity contribution < 1.29 is 47.6 Å². The fourth-order valence-corrected chi connectivity index (χ4v) is 3.45. The number of ether oxygens (including phenoxy) is 6. The summed E-state index contributed by atoms with van der Waals surface area (Å²) >= 11 is 0. The first kappa shape index (κ1) is 24.4.